The number of esters is 1. The topological polar surface area (TPSA) is 111 Å². The molecule has 2 rings (SSSR count). The second-order valence-corrected chi connectivity index (χ2v) is 5.12. The minimum atomic E-state index is -1.24. The first-order valence-electron chi connectivity index (χ1n) is 7.49. The Morgan fingerprint density at radius 2 is 1.80 bits per heavy atom. The van der Waals surface area contributed by atoms with Crippen LogP contribution in [0, 0.1) is 5.21 Å². The highest BCUT2D eigenvalue weighted by molar-refractivity contribution is 5.97. The van der Waals surface area contributed by atoms with Crippen LogP contribution in [0.25, 0.3) is 0 Å². The number of amides is 3. The van der Waals surface area contributed by atoms with Gasteiger partial charge in [-0.2, -0.15) is 4.73 Å². The average Bonchev–Trinajstić information content (AvgIpc) is 2.61. The molecule has 1 heterocycles. The van der Waals surface area contributed by atoms with Crippen LogP contribution >= 0.6 is 0 Å². The molecule has 0 saturated heterocycles. The summed E-state index contributed by atoms with van der Waals surface area (Å²) in [5.74, 6) is -1.75. The molecule has 0 aliphatic carbocycles. The van der Waals surface area contributed by atoms with Crippen LogP contribution in [-0.2, 0) is 16.1 Å². The number of benzene rings is 1. The molecule has 25 heavy (non-hydrogen) atoms. The Bertz CT molecular complexity index is 764. The normalized spacial score (nSPS) is 11.2. The Hall–Kier alpha value is -3.42. The number of pyridine rings is 1. The van der Waals surface area contributed by atoms with Crippen LogP contribution in [0.4, 0.5) is 4.79 Å². The van der Waals surface area contributed by atoms with Crippen molar-refractivity contribution in [3.63, 3.8) is 0 Å². The molecule has 0 unspecified atom stereocenters. The second-order valence-electron chi connectivity index (χ2n) is 5.12. The van der Waals surface area contributed by atoms with Gasteiger partial charge in [-0.05, 0) is 18.6 Å². The van der Waals surface area contributed by atoms with Gasteiger partial charge in [-0.25, -0.2) is 9.59 Å². The molecule has 2 aromatic rings. The van der Waals surface area contributed by atoms with Gasteiger partial charge >= 0.3 is 17.7 Å². The number of ether oxygens (including phenoxy) is 1. The van der Waals surface area contributed by atoms with Crippen LogP contribution in [-0.4, -0.2) is 24.0 Å². The lowest BCUT2D eigenvalue weighted by molar-refractivity contribution is -0.608. The molecule has 0 bridgehead atoms. The van der Waals surface area contributed by atoms with Gasteiger partial charge in [-0.3, -0.25) is 10.1 Å². The standard InChI is InChI=1S/C17H17N3O5/c1-12(25-16(22)14-9-5-6-10-20(14)24)15(21)19-17(23)18-11-13-7-3-2-4-8-13/h2-10,12H,11H2,1H3,(H2,18,19,21,23)/t12-/m1/s1. The second kappa shape index (κ2) is 8.44. The number of aromatic nitrogens is 1. The molecule has 2 N–H and O–H groups in total. The minimum Gasteiger partial charge on any atom is -0.618 e. The zero-order valence-corrected chi connectivity index (χ0v) is 13.5. The number of carbonyl (C=O) groups is 3. The first-order valence-corrected chi connectivity index (χ1v) is 7.49. The number of hydrogen-bond acceptors (Lipinski definition) is 5. The molecule has 3 amide bonds. The number of hydrogen-bond donors (Lipinski definition) is 2. The van der Waals surface area contributed by atoms with E-state index >= 15 is 0 Å². The van der Waals surface area contributed by atoms with Gasteiger partial charge in [0.1, 0.15) is 0 Å². The summed E-state index contributed by atoms with van der Waals surface area (Å²) in [6.07, 6.45) is -0.103. The van der Waals surface area contributed by atoms with E-state index in [-0.39, 0.29) is 12.2 Å². The maximum absolute atomic E-state index is 11.9. The molecule has 130 valence electrons. The lowest BCUT2D eigenvalue weighted by Crippen LogP contribution is -2.45. The van der Waals surface area contributed by atoms with Crippen molar-refractivity contribution in [1.29, 1.82) is 0 Å². The fourth-order valence-corrected chi connectivity index (χ4v) is 1.90. The molecule has 0 saturated carbocycles. The fourth-order valence-electron chi connectivity index (χ4n) is 1.90. The zero-order chi connectivity index (χ0) is 18.2. The predicted molar refractivity (Wildman–Crippen MR) is 87.1 cm³/mol. The van der Waals surface area contributed by atoms with Gasteiger partial charge in [0.2, 0.25) is 0 Å². The van der Waals surface area contributed by atoms with Crippen molar-refractivity contribution >= 4 is 17.9 Å². The molecule has 8 nitrogen and oxygen atoms in total. The van der Waals surface area contributed by atoms with E-state index in [1.807, 2.05) is 30.3 Å². The van der Waals surface area contributed by atoms with Gasteiger partial charge in [-0.1, -0.05) is 30.3 Å². The van der Waals surface area contributed by atoms with E-state index in [0.717, 1.165) is 11.8 Å². The molecule has 0 fully saturated rings. The summed E-state index contributed by atoms with van der Waals surface area (Å²) >= 11 is 0. The molecule has 1 aromatic carbocycles. The molecule has 1 aromatic heterocycles. The van der Waals surface area contributed by atoms with Crippen LogP contribution < -0.4 is 15.4 Å². The van der Waals surface area contributed by atoms with E-state index in [2.05, 4.69) is 10.6 Å². The van der Waals surface area contributed by atoms with Crippen molar-refractivity contribution in [3.05, 3.63) is 71.2 Å². The van der Waals surface area contributed by atoms with E-state index < -0.39 is 24.0 Å². The lowest BCUT2D eigenvalue weighted by atomic mass is 10.2. The van der Waals surface area contributed by atoms with Crippen LogP contribution in [0.3, 0.4) is 0 Å². The van der Waals surface area contributed by atoms with Crippen LogP contribution in [0.5, 0.6) is 0 Å². The third-order valence-corrected chi connectivity index (χ3v) is 3.22. The molecular weight excluding hydrogens is 326 g/mol. The number of imide groups is 1. The highest BCUT2D eigenvalue weighted by atomic mass is 16.6. The molecule has 0 spiro atoms. The summed E-state index contributed by atoms with van der Waals surface area (Å²) in [6, 6.07) is 12.7. The summed E-state index contributed by atoms with van der Waals surface area (Å²) < 4.78 is 5.22. The van der Waals surface area contributed by atoms with Gasteiger partial charge < -0.3 is 15.3 Å². The highest BCUT2D eigenvalue weighted by Crippen LogP contribution is 2.00. The van der Waals surface area contributed by atoms with Crippen molar-refractivity contribution in [1.82, 2.24) is 10.6 Å². The Labute approximate surface area is 144 Å². The van der Waals surface area contributed by atoms with Crippen molar-refractivity contribution in [2.75, 3.05) is 0 Å². The SMILES string of the molecule is C[C@@H](OC(=O)c1cccc[n+]1[O-])C(=O)NC(=O)NCc1ccccc1. The lowest BCUT2D eigenvalue weighted by Gasteiger charge is -2.13. The van der Waals surface area contributed by atoms with Crippen LogP contribution in [0.2, 0.25) is 0 Å². The Balaban J connectivity index is 1.82. The number of nitrogens with zero attached hydrogens (tertiary/aromatic N) is 1. The summed E-state index contributed by atoms with van der Waals surface area (Å²) in [7, 11) is 0. The van der Waals surface area contributed by atoms with E-state index in [4.69, 9.17) is 4.74 Å². The molecule has 1 atom stereocenters. The smallest absolute Gasteiger partial charge is 0.405 e. The van der Waals surface area contributed by atoms with Crippen molar-refractivity contribution < 1.29 is 23.9 Å². The Kier molecular flexibility index (Phi) is 6.05. The molecule has 0 radical (unpaired) electrons. The first-order chi connectivity index (χ1) is 12.0. The van der Waals surface area contributed by atoms with Gasteiger partial charge in [0.15, 0.2) is 12.3 Å². The van der Waals surface area contributed by atoms with Crippen molar-refractivity contribution in [2.45, 2.75) is 19.6 Å². The highest BCUT2D eigenvalue weighted by Gasteiger charge is 2.24. The maximum atomic E-state index is 11.9. The molecule has 0 aliphatic heterocycles. The molecule has 8 heteroatoms. The van der Waals surface area contributed by atoms with E-state index in [1.54, 1.807) is 0 Å². The van der Waals surface area contributed by atoms with Crippen molar-refractivity contribution in [2.24, 2.45) is 0 Å². The number of nitrogens with one attached hydrogen (secondary N) is 2. The molecular formula is C17H17N3O5. The van der Waals surface area contributed by atoms with E-state index in [1.165, 1.54) is 25.1 Å². The van der Waals surface area contributed by atoms with Gasteiger partial charge in [0.05, 0.1) is 0 Å². The maximum Gasteiger partial charge on any atom is 0.405 e. The largest absolute Gasteiger partial charge is 0.618 e. The number of carbonyl (C=O) groups excluding carboxylic acids is 3. The predicted octanol–water partition coefficient (Wildman–Crippen LogP) is 0.891. The van der Waals surface area contributed by atoms with Crippen LogP contribution in [0.1, 0.15) is 23.0 Å². The van der Waals surface area contributed by atoms with E-state index in [9.17, 15) is 19.6 Å². The Morgan fingerprint density at radius 3 is 2.48 bits per heavy atom. The summed E-state index contributed by atoms with van der Waals surface area (Å²) in [6.45, 7) is 1.55. The average molecular weight is 343 g/mol. The summed E-state index contributed by atoms with van der Waals surface area (Å²) in [5.41, 5.74) is 0.615. The zero-order valence-electron chi connectivity index (χ0n) is 13.5. The number of urea groups is 1. The van der Waals surface area contributed by atoms with Crippen molar-refractivity contribution in [3.8, 4) is 0 Å². The minimum absolute atomic E-state index is 0.244. The molecule has 0 aliphatic rings. The third-order valence-electron chi connectivity index (χ3n) is 3.22. The van der Waals surface area contributed by atoms with Gasteiger partial charge in [0, 0.05) is 18.7 Å². The summed E-state index contributed by atoms with van der Waals surface area (Å²) in [5, 5.41) is 16.0. The summed E-state index contributed by atoms with van der Waals surface area (Å²) in [4.78, 5) is 35.4. The third kappa shape index (κ3) is 5.31. The first kappa shape index (κ1) is 17.9. The fraction of sp³-hybridized carbons (Fsp3) is 0.176. The van der Waals surface area contributed by atoms with Crippen LogP contribution in [0.15, 0.2) is 54.7 Å². The quantitative estimate of drug-likeness (QED) is 0.476. The van der Waals surface area contributed by atoms with Gasteiger partial charge in [-0.15, -0.1) is 0 Å². The monoisotopic (exact) mass is 343 g/mol. The van der Waals surface area contributed by atoms with E-state index in [0.29, 0.717) is 4.73 Å². The van der Waals surface area contributed by atoms with Gasteiger partial charge in [0.25, 0.3) is 5.91 Å². The Morgan fingerprint density at radius 1 is 1.12 bits per heavy atom. The number of rotatable bonds is 5.